The van der Waals surface area contributed by atoms with Crippen LogP contribution in [-0.4, -0.2) is 5.11 Å². The highest BCUT2D eigenvalue weighted by Crippen LogP contribution is 2.41. The van der Waals surface area contributed by atoms with Crippen LogP contribution < -0.4 is 10.6 Å². The van der Waals surface area contributed by atoms with Crippen molar-refractivity contribution >= 4 is 34.6 Å². The smallest absolute Gasteiger partial charge is 0.353 e. The largest absolute Gasteiger partial charge is 0.416 e. The lowest BCUT2D eigenvalue weighted by atomic mass is 9.87. The summed E-state index contributed by atoms with van der Waals surface area (Å²) in [6, 6.07) is 12.6. The van der Waals surface area contributed by atoms with Crippen molar-refractivity contribution in [1.82, 2.24) is 5.32 Å². The number of hydrogen-bond donors (Lipinski definition) is 2. The molecule has 2 nitrogen and oxygen atoms in total. The topological polar surface area (TPSA) is 24.1 Å². The molecule has 0 bridgehead atoms. The van der Waals surface area contributed by atoms with Crippen molar-refractivity contribution in [2.75, 3.05) is 5.32 Å². The molecule has 1 saturated carbocycles. The van der Waals surface area contributed by atoms with Crippen LogP contribution in [0.5, 0.6) is 0 Å². The summed E-state index contributed by atoms with van der Waals surface area (Å²) in [6.45, 7) is 0. The predicted octanol–water partition coefficient (Wildman–Crippen LogP) is 6.11. The lowest BCUT2D eigenvalue weighted by molar-refractivity contribution is -0.137. The van der Waals surface area contributed by atoms with Gasteiger partial charge in [0, 0.05) is 10.7 Å². The van der Waals surface area contributed by atoms with Crippen LogP contribution in [0.15, 0.2) is 48.5 Å². The number of hydrogen-bond acceptors (Lipinski definition) is 1. The monoisotopic (exact) mass is 398 g/mol. The van der Waals surface area contributed by atoms with E-state index in [-0.39, 0.29) is 0 Å². The maximum atomic E-state index is 13.1. The molecule has 2 aromatic carbocycles. The van der Waals surface area contributed by atoms with Crippen molar-refractivity contribution in [2.45, 2.75) is 37.4 Å². The number of nitrogens with one attached hydrogen (secondary N) is 2. The second kappa shape index (κ2) is 7.45. The minimum absolute atomic E-state index is 0.367. The first-order chi connectivity index (χ1) is 12.3. The van der Waals surface area contributed by atoms with Gasteiger partial charge in [0.15, 0.2) is 5.11 Å². The molecule has 0 unspecified atom stereocenters. The molecule has 3 rings (SSSR count). The van der Waals surface area contributed by atoms with Crippen LogP contribution >= 0.6 is 23.8 Å². The van der Waals surface area contributed by atoms with Gasteiger partial charge < -0.3 is 10.6 Å². The molecule has 26 heavy (non-hydrogen) atoms. The van der Waals surface area contributed by atoms with E-state index in [4.69, 9.17) is 23.8 Å². The van der Waals surface area contributed by atoms with Gasteiger partial charge in [0.1, 0.15) is 0 Å². The molecule has 1 aliphatic rings. The van der Waals surface area contributed by atoms with Crippen LogP contribution in [0.3, 0.4) is 0 Å². The van der Waals surface area contributed by atoms with E-state index in [9.17, 15) is 13.2 Å². The van der Waals surface area contributed by atoms with Crippen molar-refractivity contribution in [1.29, 1.82) is 0 Å². The highest BCUT2D eigenvalue weighted by Gasteiger charge is 2.38. The van der Waals surface area contributed by atoms with Gasteiger partial charge in [-0.2, -0.15) is 13.2 Å². The molecule has 0 aliphatic heterocycles. The Hall–Kier alpha value is -1.79. The zero-order valence-electron chi connectivity index (χ0n) is 13.9. The van der Waals surface area contributed by atoms with Crippen molar-refractivity contribution < 1.29 is 13.2 Å². The summed E-state index contributed by atoms with van der Waals surface area (Å²) < 4.78 is 39.3. The number of alkyl halides is 3. The van der Waals surface area contributed by atoms with E-state index >= 15 is 0 Å². The van der Waals surface area contributed by atoms with Gasteiger partial charge in [0.05, 0.1) is 11.1 Å². The van der Waals surface area contributed by atoms with Gasteiger partial charge in [0.25, 0.3) is 0 Å². The fourth-order valence-corrected chi connectivity index (χ4v) is 3.91. The Bertz CT molecular complexity index is 801. The highest BCUT2D eigenvalue weighted by molar-refractivity contribution is 7.80. The maximum Gasteiger partial charge on any atom is 0.416 e. The summed E-state index contributed by atoms with van der Waals surface area (Å²) in [6.07, 6.45) is -1.04. The molecule has 1 aliphatic carbocycles. The standard InChI is InChI=1S/C19H18ClF3N2S/c20-15-7-4-8-16(12-15)24-17(26)25-18(9-1-2-10-18)13-5-3-6-14(11-13)19(21,22)23/h3-8,11-12H,1-2,9-10H2,(H2,24,25,26). The van der Waals surface area contributed by atoms with Gasteiger partial charge in [-0.05, 0) is 61.0 Å². The Kier molecular flexibility index (Phi) is 5.44. The Morgan fingerprint density at radius 3 is 2.38 bits per heavy atom. The Morgan fingerprint density at radius 1 is 1.04 bits per heavy atom. The first-order valence-electron chi connectivity index (χ1n) is 8.31. The van der Waals surface area contributed by atoms with Crippen molar-refractivity contribution in [3.8, 4) is 0 Å². The molecule has 2 aromatic rings. The van der Waals surface area contributed by atoms with Crippen LogP contribution in [0.2, 0.25) is 5.02 Å². The lowest BCUT2D eigenvalue weighted by Crippen LogP contribution is -2.45. The van der Waals surface area contributed by atoms with E-state index < -0.39 is 17.3 Å². The van der Waals surface area contributed by atoms with Gasteiger partial charge in [-0.1, -0.05) is 42.6 Å². The summed E-state index contributed by atoms with van der Waals surface area (Å²) in [5.41, 5.74) is 0.105. The number of benzene rings is 2. The van der Waals surface area contributed by atoms with Gasteiger partial charge in [0.2, 0.25) is 0 Å². The van der Waals surface area contributed by atoms with Crippen LogP contribution in [0.25, 0.3) is 0 Å². The average Bonchev–Trinajstić information content (AvgIpc) is 3.04. The van der Waals surface area contributed by atoms with Gasteiger partial charge in [-0.25, -0.2) is 0 Å². The summed E-state index contributed by atoms with van der Waals surface area (Å²) in [4.78, 5) is 0. The Balaban J connectivity index is 1.83. The van der Waals surface area contributed by atoms with E-state index in [0.29, 0.717) is 15.7 Å². The maximum absolute atomic E-state index is 13.1. The van der Waals surface area contributed by atoms with E-state index in [1.54, 1.807) is 24.3 Å². The molecule has 0 heterocycles. The molecular formula is C19H18ClF3N2S. The molecule has 0 atom stereocenters. The molecule has 0 amide bonds. The molecule has 0 aromatic heterocycles. The summed E-state index contributed by atoms with van der Waals surface area (Å²) >= 11 is 11.4. The second-order valence-corrected chi connectivity index (χ2v) is 7.30. The highest BCUT2D eigenvalue weighted by atomic mass is 35.5. The predicted molar refractivity (Wildman–Crippen MR) is 102 cm³/mol. The van der Waals surface area contributed by atoms with Crippen LogP contribution in [0.1, 0.15) is 36.8 Å². The fourth-order valence-electron chi connectivity index (χ4n) is 3.40. The van der Waals surface area contributed by atoms with E-state index in [0.717, 1.165) is 37.4 Å². The SMILES string of the molecule is FC(F)(F)c1cccc(C2(NC(=S)Nc3cccc(Cl)c3)CCCC2)c1. The van der Waals surface area contributed by atoms with Crippen molar-refractivity contribution in [3.63, 3.8) is 0 Å². The minimum atomic E-state index is -4.37. The minimum Gasteiger partial charge on any atom is -0.353 e. The van der Waals surface area contributed by atoms with Crippen molar-refractivity contribution in [2.24, 2.45) is 0 Å². The van der Waals surface area contributed by atoms with E-state index in [1.165, 1.54) is 12.1 Å². The fraction of sp³-hybridized carbons (Fsp3) is 0.316. The normalized spacial score (nSPS) is 16.3. The quantitative estimate of drug-likeness (QED) is 0.609. The average molecular weight is 399 g/mol. The number of thiocarbonyl (C=S) groups is 1. The molecule has 1 fully saturated rings. The Morgan fingerprint density at radius 2 is 1.73 bits per heavy atom. The van der Waals surface area contributed by atoms with Crippen molar-refractivity contribution in [3.05, 3.63) is 64.7 Å². The van der Waals surface area contributed by atoms with Crippen LogP contribution in [0.4, 0.5) is 18.9 Å². The van der Waals surface area contributed by atoms with Gasteiger partial charge >= 0.3 is 6.18 Å². The third-order valence-electron chi connectivity index (χ3n) is 4.63. The third-order valence-corrected chi connectivity index (χ3v) is 5.07. The Labute approximate surface area is 160 Å². The number of halogens is 4. The first-order valence-corrected chi connectivity index (χ1v) is 9.10. The van der Waals surface area contributed by atoms with Gasteiger partial charge in [-0.3, -0.25) is 0 Å². The lowest BCUT2D eigenvalue weighted by Gasteiger charge is -2.33. The molecule has 2 N–H and O–H groups in total. The molecular weight excluding hydrogens is 381 g/mol. The van der Waals surface area contributed by atoms with E-state index in [2.05, 4.69) is 10.6 Å². The number of rotatable bonds is 3. The first kappa shape index (κ1) is 19.0. The zero-order chi connectivity index (χ0) is 18.8. The summed E-state index contributed by atoms with van der Waals surface area (Å²) in [7, 11) is 0. The van der Waals surface area contributed by atoms with Gasteiger partial charge in [-0.15, -0.1) is 0 Å². The molecule has 0 spiro atoms. The second-order valence-electron chi connectivity index (χ2n) is 6.46. The van der Waals surface area contributed by atoms with Crippen LogP contribution in [0, 0.1) is 0 Å². The molecule has 0 saturated heterocycles. The molecule has 7 heteroatoms. The number of anilines is 1. The van der Waals surface area contributed by atoms with Crippen LogP contribution in [-0.2, 0) is 11.7 Å². The zero-order valence-corrected chi connectivity index (χ0v) is 15.4. The summed E-state index contributed by atoms with van der Waals surface area (Å²) in [5, 5.41) is 7.27. The van der Waals surface area contributed by atoms with E-state index in [1.807, 2.05) is 6.07 Å². The molecule has 138 valence electrons. The summed E-state index contributed by atoms with van der Waals surface area (Å²) in [5.74, 6) is 0. The molecule has 0 radical (unpaired) electrons. The third kappa shape index (κ3) is 4.30.